The molecule has 0 spiro atoms. The second kappa shape index (κ2) is 7.26. The van der Waals surface area contributed by atoms with Crippen LogP contribution in [0.5, 0.6) is 0 Å². The third-order valence-corrected chi connectivity index (χ3v) is 3.78. The zero-order valence-electron chi connectivity index (χ0n) is 12.5. The molecular formula is C15H20N4OS. The highest BCUT2D eigenvalue weighted by Crippen LogP contribution is 2.24. The number of pyridine rings is 1. The van der Waals surface area contributed by atoms with Crippen LogP contribution in [0.4, 0.5) is 0 Å². The molecule has 6 heteroatoms. The predicted molar refractivity (Wildman–Crippen MR) is 84.4 cm³/mol. The summed E-state index contributed by atoms with van der Waals surface area (Å²) in [6.45, 7) is 6.78. The molecule has 2 aromatic heterocycles. The molecule has 21 heavy (non-hydrogen) atoms. The zero-order valence-corrected chi connectivity index (χ0v) is 13.3. The van der Waals surface area contributed by atoms with Crippen LogP contribution >= 0.6 is 11.8 Å². The van der Waals surface area contributed by atoms with Crippen LogP contribution in [0.1, 0.15) is 31.1 Å². The van der Waals surface area contributed by atoms with Crippen molar-refractivity contribution >= 4 is 17.7 Å². The first-order valence-corrected chi connectivity index (χ1v) is 7.84. The van der Waals surface area contributed by atoms with E-state index in [1.807, 2.05) is 25.3 Å². The first-order valence-electron chi connectivity index (χ1n) is 6.96. The Morgan fingerprint density at radius 1 is 1.33 bits per heavy atom. The molecule has 1 amide bonds. The van der Waals surface area contributed by atoms with Gasteiger partial charge in [0.15, 0.2) is 0 Å². The Kier molecular flexibility index (Phi) is 5.38. The van der Waals surface area contributed by atoms with E-state index >= 15 is 0 Å². The quantitative estimate of drug-likeness (QED) is 0.833. The zero-order chi connectivity index (χ0) is 15.2. The van der Waals surface area contributed by atoms with Gasteiger partial charge >= 0.3 is 0 Å². The largest absolute Gasteiger partial charge is 0.348 e. The predicted octanol–water partition coefficient (Wildman–Crippen LogP) is 2.60. The van der Waals surface area contributed by atoms with Crippen molar-refractivity contribution in [2.75, 3.05) is 0 Å². The number of amides is 1. The molecule has 0 aliphatic rings. The van der Waals surface area contributed by atoms with Gasteiger partial charge in [-0.2, -0.15) is 5.10 Å². The molecule has 0 aliphatic carbocycles. The molecule has 1 atom stereocenters. The van der Waals surface area contributed by atoms with E-state index < -0.39 is 0 Å². The molecule has 0 fully saturated rings. The van der Waals surface area contributed by atoms with Gasteiger partial charge < -0.3 is 5.32 Å². The van der Waals surface area contributed by atoms with Gasteiger partial charge in [-0.05, 0) is 25.1 Å². The van der Waals surface area contributed by atoms with Crippen molar-refractivity contribution < 1.29 is 4.79 Å². The second-order valence-corrected chi connectivity index (χ2v) is 6.69. The number of thioether (sulfide) groups is 1. The maximum absolute atomic E-state index is 12.4. The molecule has 5 nitrogen and oxygen atoms in total. The normalized spacial score (nSPS) is 12.4. The van der Waals surface area contributed by atoms with Gasteiger partial charge in [0.05, 0.1) is 12.1 Å². The van der Waals surface area contributed by atoms with E-state index in [9.17, 15) is 4.79 Å². The number of hydrogen-bond donors (Lipinski definition) is 1. The number of nitrogens with zero attached hydrogens (tertiary/aromatic N) is 3. The van der Waals surface area contributed by atoms with E-state index in [0.717, 1.165) is 5.03 Å². The number of carbonyl (C=O) groups excluding carboxylic acids is 1. The highest BCUT2D eigenvalue weighted by atomic mass is 32.2. The lowest BCUT2D eigenvalue weighted by atomic mass is 10.2. The summed E-state index contributed by atoms with van der Waals surface area (Å²) in [5.74, 6) is -0.0918. The highest BCUT2D eigenvalue weighted by Gasteiger charge is 2.16. The standard InChI is InChI=1S/C15H20N4OS/c1-11(2)21-15-13(6-4-7-16-15)14(20)18-12(3)10-19-9-5-8-17-19/h4-9,11-12H,10H2,1-3H3,(H,18,20). The maximum atomic E-state index is 12.4. The minimum atomic E-state index is -0.0918. The van der Waals surface area contributed by atoms with Crippen LogP contribution in [0, 0.1) is 0 Å². The molecule has 0 radical (unpaired) electrons. The van der Waals surface area contributed by atoms with Crippen LogP contribution in [0.2, 0.25) is 0 Å². The van der Waals surface area contributed by atoms with E-state index in [4.69, 9.17) is 0 Å². The summed E-state index contributed by atoms with van der Waals surface area (Å²) < 4.78 is 1.80. The van der Waals surface area contributed by atoms with Crippen molar-refractivity contribution in [2.45, 2.75) is 43.6 Å². The van der Waals surface area contributed by atoms with Crippen LogP contribution in [0.3, 0.4) is 0 Å². The second-order valence-electron chi connectivity index (χ2n) is 5.13. The van der Waals surface area contributed by atoms with E-state index in [2.05, 4.69) is 29.2 Å². The fourth-order valence-electron chi connectivity index (χ4n) is 1.92. The molecule has 112 valence electrons. The summed E-state index contributed by atoms with van der Waals surface area (Å²) in [5, 5.41) is 8.29. The van der Waals surface area contributed by atoms with Gasteiger partial charge in [-0.25, -0.2) is 4.98 Å². The van der Waals surface area contributed by atoms with E-state index in [0.29, 0.717) is 17.4 Å². The molecule has 1 unspecified atom stereocenters. The van der Waals surface area contributed by atoms with Crippen molar-refractivity contribution in [1.82, 2.24) is 20.1 Å². The molecule has 2 rings (SSSR count). The summed E-state index contributed by atoms with van der Waals surface area (Å²) in [6.07, 6.45) is 5.33. The first-order chi connectivity index (χ1) is 10.1. The first kappa shape index (κ1) is 15.6. The fourth-order valence-corrected chi connectivity index (χ4v) is 2.77. The Morgan fingerprint density at radius 2 is 2.14 bits per heavy atom. The summed E-state index contributed by atoms with van der Waals surface area (Å²) in [4.78, 5) is 16.7. The smallest absolute Gasteiger partial charge is 0.254 e. The van der Waals surface area contributed by atoms with Crippen LogP contribution < -0.4 is 5.32 Å². The Bertz CT molecular complexity index is 583. The molecular weight excluding hydrogens is 284 g/mol. The van der Waals surface area contributed by atoms with Crippen LogP contribution in [-0.2, 0) is 6.54 Å². The SMILES string of the molecule is CC(Cn1cccn1)NC(=O)c1cccnc1SC(C)C. The third kappa shape index (κ3) is 4.60. The Hall–Kier alpha value is -1.82. The van der Waals surface area contributed by atoms with Gasteiger partial charge in [0, 0.05) is 29.9 Å². The molecule has 2 aromatic rings. The van der Waals surface area contributed by atoms with Crippen LogP contribution in [0.15, 0.2) is 41.8 Å². The number of rotatable bonds is 6. The number of hydrogen-bond acceptors (Lipinski definition) is 4. The van der Waals surface area contributed by atoms with Gasteiger partial charge in [0.2, 0.25) is 0 Å². The highest BCUT2D eigenvalue weighted by molar-refractivity contribution is 7.99. The van der Waals surface area contributed by atoms with E-state index in [-0.39, 0.29) is 11.9 Å². The van der Waals surface area contributed by atoms with Gasteiger partial charge in [-0.1, -0.05) is 13.8 Å². The Morgan fingerprint density at radius 3 is 2.81 bits per heavy atom. The van der Waals surface area contributed by atoms with Crippen LogP contribution in [0.25, 0.3) is 0 Å². The van der Waals surface area contributed by atoms with E-state index in [1.165, 1.54) is 0 Å². The minimum absolute atomic E-state index is 0.00509. The Labute approximate surface area is 129 Å². The summed E-state index contributed by atoms with van der Waals surface area (Å²) in [5.41, 5.74) is 0.628. The molecule has 2 heterocycles. The molecule has 0 aliphatic heterocycles. The number of carbonyl (C=O) groups is 1. The van der Waals surface area contributed by atoms with Gasteiger partial charge in [0.25, 0.3) is 5.91 Å². The average Bonchev–Trinajstić information content (AvgIpc) is 2.91. The van der Waals surface area contributed by atoms with Crippen molar-refractivity contribution in [3.05, 3.63) is 42.4 Å². The summed E-state index contributed by atoms with van der Waals surface area (Å²) >= 11 is 1.60. The van der Waals surface area contributed by atoms with Crippen molar-refractivity contribution in [2.24, 2.45) is 0 Å². The number of aromatic nitrogens is 3. The topological polar surface area (TPSA) is 59.8 Å². The fraction of sp³-hybridized carbons (Fsp3) is 0.400. The van der Waals surface area contributed by atoms with E-state index in [1.54, 1.807) is 34.9 Å². The molecule has 1 N–H and O–H groups in total. The maximum Gasteiger partial charge on any atom is 0.254 e. The van der Waals surface area contributed by atoms with Gasteiger partial charge in [-0.3, -0.25) is 9.48 Å². The van der Waals surface area contributed by atoms with Gasteiger partial charge in [0.1, 0.15) is 5.03 Å². The van der Waals surface area contributed by atoms with Gasteiger partial charge in [-0.15, -0.1) is 11.8 Å². The lowest BCUT2D eigenvalue weighted by Gasteiger charge is -2.15. The molecule has 0 aromatic carbocycles. The minimum Gasteiger partial charge on any atom is -0.348 e. The molecule has 0 saturated carbocycles. The van der Waals surface area contributed by atoms with Crippen molar-refractivity contribution in [3.8, 4) is 0 Å². The van der Waals surface area contributed by atoms with Crippen LogP contribution in [-0.4, -0.2) is 32.0 Å². The summed E-state index contributed by atoms with van der Waals surface area (Å²) in [7, 11) is 0. The van der Waals surface area contributed by atoms with Crippen molar-refractivity contribution in [3.63, 3.8) is 0 Å². The Balaban J connectivity index is 2.02. The lowest BCUT2D eigenvalue weighted by Crippen LogP contribution is -2.36. The molecule has 0 saturated heterocycles. The number of nitrogens with one attached hydrogen (secondary N) is 1. The lowest BCUT2D eigenvalue weighted by molar-refractivity contribution is 0.0932. The summed E-state index contributed by atoms with van der Waals surface area (Å²) in [6, 6.07) is 5.47. The monoisotopic (exact) mass is 304 g/mol. The van der Waals surface area contributed by atoms with Crippen molar-refractivity contribution in [1.29, 1.82) is 0 Å². The molecule has 0 bridgehead atoms. The third-order valence-electron chi connectivity index (χ3n) is 2.76. The average molecular weight is 304 g/mol.